The van der Waals surface area contributed by atoms with E-state index in [0.717, 1.165) is 12.0 Å². The fourth-order valence-electron chi connectivity index (χ4n) is 4.22. The van der Waals surface area contributed by atoms with Crippen molar-refractivity contribution >= 4 is 27.6 Å². The van der Waals surface area contributed by atoms with Crippen LogP contribution in [0, 0.1) is 0 Å². The maximum atomic E-state index is 13.5. The molecule has 0 bridgehead atoms. The minimum Gasteiger partial charge on any atom is -0.483 e. The summed E-state index contributed by atoms with van der Waals surface area (Å²) >= 11 is 5.94. The van der Waals surface area contributed by atoms with Crippen LogP contribution in [0.4, 0.5) is 4.39 Å². The summed E-state index contributed by atoms with van der Waals surface area (Å²) in [4.78, 5) is 17.2. The van der Waals surface area contributed by atoms with Crippen molar-refractivity contribution < 1.29 is 26.9 Å². The van der Waals surface area contributed by atoms with E-state index in [0.29, 0.717) is 31.1 Å². The van der Waals surface area contributed by atoms with Crippen LogP contribution in [0.3, 0.4) is 0 Å². The van der Waals surface area contributed by atoms with Crippen molar-refractivity contribution in [3.05, 3.63) is 64.5 Å². The smallest absolute Gasteiger partial charge is 0.269 e. The molecule has 0 radical (unpaired) electrons. The van der Waals surface area contributed by atoms with E-state index in [1.165, 1.54) is 30.4 Å². The van der Waals surface area contributed by atoms with Crippen LogP contribution in [0.25, 0.3) is 0 Å². The molecule has 186 valence electrons. The van der Waals surface area contributed by atoms with Gasteiger partial charge in [0.25, 0.3) is 16.0 Å². The first-order valence-electron chi connectivity index (χ1n) is 11.2. The zero-order valence-electron chi connectivity index (χ0n) is 19.3. The average molecular weight is 513 g/mol. The number of hydrogen-bond donors (Lipinski definition) is 1. The topological polar surface area (TPSA) is 87.2 Å². The van der Waals surface area contributed by atoms with E-state index in [9.17, 15) is 22.2 Å². The van der Waals surface area contributed by atoms with Crippen molar-refractivity contribution in [2.45, 2.75) is 44.5 Å². The van der Waals surface area contributed by atoms with Gasteiger partial charge in [0.2, 0.25) is 0 Å². The Bertz CT molecular complexity index is 1100. The molecule has 1 saturated heterocycles. The normalized spacial score (nSPS) is 21.6. The molecule has 10 heteroatoms. The molecule has 1 aromatic rings. The van der Waals surface area contributed by atoms with Gasteiger partial charge < -0.3 is 9.64 Å². The summed E-state index contributed by atoms with van der Waals surface area (Å²) in [7, 11) is -4.29. The molecule has 1 aromatic carbocycles. The first-order valence-corrected chi connectivity index (χ1v) is 13.2. The standard InChI is InChI=1S/C24H30ClFN2O5S/c1-3-22-14-27(13-18-5-4-6-21(26)9-7-18)17(2)12-28(22)24(29)15-33-23-10-8-20(25)11-19(23)16-34(30,31)32/h4,6-11,17,22H,3,5,12-16H2,1-2H3,(H,30,31,32)/t17-,22?/m0/s1. The molecule has 1 amide bonds. The molecule has 0 spiro atoms. The number of piperazine rings is 1. The van der Waals surface area contributed by atoms with Crippen LogP contribution >= 0.6 is 11.6 Å². The predicted molar refractivity (Wildman–Crippen MR) is 130 cm³/mol. The number of nitrogens with zero attached hydrogens (tertiary/aromatic N) is 2. The van der Waals surface area contributed by atoms with E-state index >= 15 is 0 Å². The highest BCUT2D eigenvalue weighted by molar-refractivity contribution is 7.85. The van der Waals surface area contributed by atoms with Crippen molar-refractivity contribution in [1.82, 2.24) is 9.80 Å². The highest BCUT2D eigenvalue weighted by Crippen LogP contribution is 2.26. The Labute approximate surface area is 205 Å². The van der Waals surface area contributed by atoms with Crippen molar-refractivity contribution in [3.63, 3.8) is 0 Å². The fraction of sp³-hybridized carbons (Fsp3) is 0.458. The van der Waals surface area contributed by atoms with Gasteiger partial charge in [0.1, 0.15) is 17.3 Å². The van der Waals surface area contributed by atoms with Gasteiger partial charge in [0, 0.05) is 42.3 Å². The highest BCUT2D eigenvalue weighted by atomic mass is 35.5. The van der Waals surface area contributed by atoms with Crippen LogP contribution in [0.1, 0.15) is 32.3 Å². The van der Waals surface area contributed by atoms with E-state index < -0.39 is 15.9 Å². The molecule has 0 aromatic heterocycles. The molecular weight excluding hydrogens is 483 g/mol. The lowest BCUT2D eigenvalue weighted by atomic mass is 10.0. The molecule has 2 aliphatic rings. The summed E-state index contributed by atoms with van der Waals surface area (Å²) in [6, 6.07) is 4.50. The number of halogens is 2. The lowest BCUT2D eigenvalue weighted by Crippen LogP contribution is -2.59. The van der Waals surface area contributed by atoms with Crippen molar-refractivity contribution in [1.29, 1.82) is 0 Å². The molecule has 1 N–H and O–H groups in total. The number of amides is 1. The predicted octanol–water partition coefficient (Wildman–Crippen LogP) is 4.16. The Morgan fingerprint density at radius 2 is 2.06 bits per heavy atom. The van der Waals surface area contributed by atoms with Crippen molar-refractivity contribution in [2.24, 2.45) is 0 Å². The number of allylic oxidation sites excluding steroid dienone is 5. The van der Waals surface area contributed by atoms with E-state index in [-0.39, 0.29) is 41.7 Å². The Hall–Kier alpha value is -2.20. The third-order valence-electron chi connectivity index (χ3n) is 6.02. The molecule has 0 saturated carbocycles. The highest BCUT2D eigenvalue weighted by Gasteiger charge is 2.33. The van der Waals surface area contributed by atoms with Crippen LogP contribution in [-0.2, 0) is 20.7 Å². The number of hydrogen-bond acceptors (Lipinski definition) is 5. The number of carbonyl (C=O) groups excluding carboxylic acids is 1. The zero-order chi connectivity index (χ0) is 24.9. The largest absolute Gasteiger partial charge is 0.483 e. The van der Waals surface area contributed by atoms with E-state index in [1.54, 1.807) is 4.90 Å². The molecular formula is C24H30ClFN2O5S. The molecule has 7 nitrogen and oxygen atoms in total. The average Bonchev–Trinajstić information content (AvgIpc) is 2.97. The molecule has 2 atom stereocenters. The minimum absolute atomic E-state index is 0.0102. The lowest BCUT2D eigenvalue weighted by Gasteiger charge is -2.45. The summed E-state index contributed by atoms with van der Waals surface area (Å²) in [5.74, 6) is -0.934. The Morgan fingerprint density at radius 3 is 2.76 bits per heavy atom. The number of benzene rings is 1. The van der Waals surface area contributed by atoms with Gasteiger partial charge in [-0.25, -0.2) is 4.39 Å². The molecule has 1 aliphatic heterocycles. The van der Waals surface area contributed by atoms with Crippen LogP contribution < -0.4 is 4.74 Å². The van der Waals surface area contributed by atoms with Crippen LogP contribution in [-0.4, -0.2) is 67.0 Å². The van der Waals surface area contributed by atoms with Crippen molar-refractivity contribution in [2.75, 3.05) is 26.2 Å². The number of ether oxygens (including phenoxy) is 1. The first kappa shape index (κ1) is 26.4. The lowest BCUT2D eigenvalue weighted by molar-refractivity contribution is -0.139. The second-order valence-electron chi connectivity index (χ2n) is 8.64. The van der Waals surface area contributed by atoms with E-state index in [4.69, 9.17) is 16.3 Å². The Kier molecular flexibility index (Phi) is 8.92. The minimum atomic E-state index is -4.29. The van der Waals surface area contributed by atoms with Crippen LogP contribution in [0.2, 0.25) is 5.02 Å². The summed E-state index contributed by atoms with van der Waals surface area (Å²) in [6.45, 7) is 5.73. The van der Waals surface area contributed by atoms with Gasteiger partial charge in [-0.1, -0.05) is 36.2 Å². The molecule has 1 fully saturated rings. The van der Waals surface area contributed by atoms with E-state index in [2.05, 4.69) is 11.8 Å². The van der Waals surface area contributed by atoms with Crippen LogP contribution in [0.5, 0.6) is 5.75 Å². The zero-order valence-corrected chi connectivity index (χ0v) is 20.9. The monoisotopic (exact) mass is 512 g/mol. The Balaban J connectivity index is 1.64. The van der Waals surface area contributed by atoms with Gasteiger partial charge in [-0.05, 0) is 50.1 Å². The van der Waals surface area contributed by atoms with Gasteiger partial charge in [-0.15, -0.1) is 0 Å². The van der Waals surface area contributed by atoms with Gasteiger partial charge in [0.15, 0.2) is 6.61 Å². The van der Waals surface area contributed by atoms with Gasteiger partial charge >= 0.3 is 0 Å². The van der Waals surface area contributed by atoms with Crippen LogP contribution in [0.15, 0.2) is 53.9 Å². The molecule has 1 aliphatic carbocycles. The van der Waals surface area contributed by atoms with Gasteiger partial charge in [-0.3, -0.25) is 14.2 Å². The number of carbonyl (C=O) groups is 1. The molecule has 1 heterocycles. The maximum absolute atomic E-state index is 13.5. The fourth-order valence-corrected chi connectivity index (χ4v) is 5.03. The molecule has 1 unspecified atom stereocenters. The second kappa shape index (κ2) is 11.5. The van der Waals surface area contributed by atoms with Crippen molar-refractivity contribution in [3.8, 4) is 5.75 Å². The summed E-state index contributed by atoms with van der Waals surface area (Å²) in [5.41, 5.74) is 1.30. The summed E-state index contributed by atoms with van der Waals surface area (Å²) in [6.07, 6.45) is 8.04. The molecule has 34 heavy (non-hydrogen) atoms. The van der Waals surface area contributed by atoms with Gasteiger partial charge in [-0.2, -0.15) is 8.42 Å². The summed E-state index contributed by atoms with van der Waals surface area (Å²) < 4.78 is 51.0. The second-order valence-corrected chi connectivity index (χ2v) is 10.5. The maximum Gasteiger partial charge on any atom is 0.269 e. The molecule has 3 rings (SSSR count). The quantitative estimate of drug-likeness (QED) is 0.526. The first-order chi connectivity index (χ1) is 16.1. The summed E-state index contributed by atoms with van der Waals surface area (Å²) in [5, 5.41) is 0.297. The third-order valence-corrected chi connectivity index (χ3v) is 6.93. The third kappa shape index (κ3) is 7.40. The van der Waals surface area contributed by atoms with Gasteiger partial charge in [0.05, 0.1) is 0 Å². The number of rotatable bonds is 8. The Morgan fingerprint density at radius 1 is 1.29 bits per heavy atom. The SMILES string of the molecule is CCC1CN(CC2=CC=C(F)C=CC2)[C@@H](C)CN1C(=O)COc1ccc(Cl)cc1CS(=O)(=O)O. The van der Waals surface area contributed by atoms with E-state index in [1.807, 2.05) is 19.1 Å².